The third-order valence-electron chi connectivity index (χ3n) is 4.87. The summed E-state index contributed by atoms with van der Waals surface area (Å²) in [6, 6.07) is 13.4. The van der Waals surface area contributed by atoms with Crippen LogP contribution in [0.3, 0.4) is 0 Å². The quantitative estimate of drug-likeness (QED) is 0.666. The molecule has 1 aliphatic heterocycles. The minimum atomic E-state index is -0.558. The third kappa shape index (κ3) is 3.64. The third-order valence-corrected chi connectivity index (χ3v) is 5.20. The van der Waals surface area contributed by atoms with Crippen molar-refractivity contribution in [2.24, 2.45) is 0 Å². The summed E-state index contributed by atoms with van der Waals surface area (Å²) in [5.74, 6) is 0.568. The molecule has 132 valence electrons. The Bertz CT molecular complexity index is 749. The molecular formula is C19H23BClNO3. The zero-order valence-corrected chi connectivity index (χ0v) is 15.8. The molecule has 0 atom stereocenters. The molecule has 0 radical (unpaired) electrons. The second kappa shape index (κ2) is 6.56. The molecular weight excluding hydrogens is 336 g/mol. The van der Waals surface area contributed by atoms with Crippen LogP contribution in [0.25, 0.3) is 0 Å². The van der Waals surface area contributed by atoms with E-state index in [1.807, 2.05) is 64.1 Å². The van der Waals surface area contributed by atoms with Crippen LogP contribution >= 0.6 is 11.6 Å². The Balaban J connectivity index is 1.84. The van der Waals surface area contributed by atoms with E-state index in [-0.39, 0.29) is 0 Å². The zero-order chi connectivity index (χ0) is 18.2. The van der Waals surface area contributed by atoms with E-state index in [1.54, 1.807) is 6.07 Å². The summed E-state index contributed by atoms with van der Waals surface area (Å²) in [5, 5.41) is 0.503. The van der Waals surface area contributed by atoms with Crippen LogP contribution in [0.2, 0.25) is 5.02 Å². The van der Waals surface area contributed by atoms with E-state index in [2.05, 4.69) is 0 Å². The van der Waals surface area contributed by atoms with Gasteiger partial charge in [-0.1, -0.05) is 41.9 Å². The average Bonchev–Trinajstić information content (AvgIpc) is 2.75. The number of hydrogen-bond acceptors (Lipinski definition) is 4. The van der Waals surface area contributed by atoms with Crippen molar-refractivity contribution >= 4 is 29.9 Å². The van der Waals surface area contributed by atoms with Crippen molar-refractivity contribution in [2.45, 2.75) is 45.5 Å². The predicted molar refractivity (Wildman–Crippen MR) is 102 cm³/mol. The molecule has 1 heterocycles. The maximum atomic E-state index is 6.39. The highest BCUT2D eigenvalue weighted by molar-refractivity contribution is 6.65. The molecule has 0 unspecified atom stereocenters. The second-order valence-corrected chi connectivity index (χ2v) is 7.68. The topological polar surface area (TPSA) is 53.7 Å². The Hall–Kier alpha value is -1.69. The van der Waals surface area contributed by atoms with Crippen molar-refractivity contribution in [1.82, 2.24) is 0 Å². The number of hydrogen-bond donors (Lipinski definition) is 1. The SMILES string of the molecule is CC1(C)OB(c2cc(OCc3ccccc3)c(N)cc2Cl)OC1(C)C. The molecule has 2 aromatic carbocycles. The summed E-state index contributed by atoms with van der Waals surface area (Å²) in [7, 11) is -0.558. The molecule has 1 fully saturated rings. The first-order chi connectivity index (χ1) is 11.7. The molecule has 0 aliphatic carbocycles. The number of nitrogen functional groups attached to an aromatic ring is 1. The number of rotatable bonds is 4. The standard InChI is InChI=1S/C19H23BClNO3/c1-18(2)19(3,4)25-20(24-18)14-10-17(16(22)11-15(14)21)23-12-13-8-6-5-7-9-13/h5-11H,12,22H2,1-4H3. The Morgan fingerprint density at radius 2 is 1.64 bits per heavy atom. The molecule has 0 bridgehead atoms. The van der Waals surface area contributed by atoms with Crippen molar-refractivity contribution in [3.8, 4) is 5.75 Å². The van der Waals surface area contributed by atoms with Crippen molar-refractivity contribution < 1.29 is 14.0 Å². The van der Waals surface area contributed by atoms with E-state index in [4.69, 9.17) is 31.4 Å². The van der Waals surface area contributed by atoms with Crippen LogP contribution in [0.5, 0.6) is 5.75 Å². The molecule has 2 aromatic rings. The molecule has 0 aromatic heterocycles. The van der Waals surface area contributed by atoms with Crippen molar-refractivity contribution in [2.75, 3.05) is 5.73 Å². The first kappa shape index (κ1) is 18.1. The fourth-order valence-electron chi connectivity index (χ4n) is 2.60. The lowest BCUT2D eigenvalue weighted by Crippen LogP contribution is -2.41. The van der Waals surface area contributed by atoms with Gasteiger partial charge in [0.1, 0.15) is 12.4 Å². The van der Waals surface area contributed by atoms with Gasteiger partial charge in [-0.05, 0) is 45.4 Å². The Labute approximate surface area is 154 Å². The van der Waals surface area contributed by atoms with Gasteiger partial charge in [0, 0.05) is 10.5 Å². The van der Waals surface area contributed by atoms with Crippen LogP contribution in [-0.2, 0) is 15.9 Å². The van der Waals surface area contributed by atoms with Crippen LogP contribution in [0.15, 0.2) is 42.5 Å². The smallest absolute Gasteiger partial charge is 0.487 e. The van der Waals surface area contributed by atoms with E-state index in [9.17, 15) is 0 Å². The summed E-state index contributed by atoms with van der Waals surface area (Å²) in [6.07, 6.45) is 0. The molecule has 1 saturated heterocycles. The normalized spacial score (nSPS) is 18.4. The maximum absolute atomic E-state index is 6.39. The predicted octanol–water partition coefficient (Wildman–Crippen LogP) is 3.80. The molecule has 6 heteroatoms. The Morgan fingerprint density at radius 1 is 1.04 bits per heavy atom. The molecule has 2 N–H and O–H groups in total. The molecule has 0 saturated carbocycles. The monoisotopic (exact) mass is 359 g/mol. The van der Waals surface area contributed by atoms with Crippen LogP contribution in [0.1, 0.15) is 33.3 Å². The van der Waals surface area contributed by atoms with Gasteiger partial charge < -0.3 is 19.8 Å². The van der Waals surface area contributed by atoms with Gasteiger partial charge in [0.25, 0.3) is 0 Å². The van der Waals surface area contributed by atoms with Crippen LogP contribution in [-0.4, -0.2) is 18.3 Å². The van der Waals surface area contributed by atoms with Gasteiger partial charge in [-0.15, -0.1) is 0 Å². The second-order valence-electron chi connectivity index (χ2n) is 7.27. The molecule has 1 aliphatic rings. The fraction of sp³-hybridized carbons (Fsp3) is 0.368. The van der Waals surface area contributed by atoms with E-state index in [1.165, 1.54) is 0 Å². The summed E-state index contributed by atoms with van der Waals surface area (Å²) in [6.45, 7) is 8.45. The number of halogens is 1. The van der Waals surface area contributed by atoms with Gasteiger partial charge in [0.2, 0.25) is 0 Å². The highest BCUT2D eigenvalue weighted by atomic mass is 35.5. The van der Waals surface area contributed by atoms with Gasteiger partial charge in [-0.25, -0.2) is 0 Å². The summed E-state index contributed by atoms with van der Waals surface area (Å²) in [5.41, 5.74) is 7.47. The van der Waals surface area contributed by atoms with Crippen molar-refractivity contribution in [1.29, 1.82) is 0 Å². The highest BCUT2D eigenvalue weighted by Gasteiger charge is 2.52. The Morgan fingerprint density at radius 3 is 2.24 bits per heavy atom. The minimum absolute atomic E-state index is 0.426. The highest BCUT2D eigenvalue weighted by Crippen LogP contribution is 2.37. The van der Waals surface area contributed by atoms with E-state index < -0.39 is 18.3 Å². The van der Waals surface area contributed by atoms with Crippen LogP contribution in [0.4, 0.5) is 5.69 Å². The Kier molecular flexibility index (Phi) is 4.75. The van der Waals surface area contributed by atoms with Gasteiger partial charge in [-0.3, -0.25) is 0 Å². The number of nitrogens with two attached hydrogens (primary N) is 1. The largest absolute Gasteiger partial charge is 0.496 e. The molecule has 0 spiro atoms. The van der Waals surface area contributed by atoms with E-state index in [0.717, 1.165) is 11.0 Å². The summed E-state index contributed by atoms with van der Waals surface area (Å²) in [4.78, 5) is 0. The van der Waals surface area contributed by atoms with Crippen molar-refractivity contribution in [3.05, 3.63) is 53.1 Å². The van der Waals surface area contributed by atoms with Crippen LogP contribution < -0.4 is 15.9 Å². The van der Waals surface area contributed by atoms with Gasteiger partial charge >= 0.3 is 7.12 Å². The van der Waals surface area contributed by atoms with E-state index >= 15 is 0 Å². The first-order valence-electron chi connectivity index (χ1n) is 8.31. The van der Waals surface area contributed by atoms with Gasteiger partial charge in [-0.2, -0.15) is 0 Å². The maximum Gasteiger partial charge on any atom is 0.496 e. The molecule has 3 rings (SSSR count). The minimum Gasteiger partial charge on any atom is -0.487 e. The number of benzene rings is 2. The molecule has 4 nitrogen and oxygen atoms in total. The van der Waals surface area contributed by atoms with Crippen LogP contribution in [0, 0.1) is 0 Å². The molecule has 25 heavy (non-hydrogen) atoms. The van der Waals surface area contributed by atoms with Gasteiger partial charge in [0.05, 0.1) is 16.9 Å². The lowest BCUT2D eigenvalue weighted by atomic mass is 9.79. The molecule has 0 amide bonds. The van der Waals surface area contributed by atoms with Gasteiger partial charge in [0.15, 0.2) is 0 Å². The van der Waals surface area contributed by atoms with E-state index in [0.29, 0.717) is 23.1 Å². The average molecular weight is 360 g/mol. The number of ether oxygens (including phenoxy) is 1. The first-order valence-corrected chi connectivity index (χ1v) is 8.69. The summed E-state index contributed by atoms with van der Waals surface area (Å²) >= 11 is 6.39. The number of anilines is 1. The lowest BCUT2D eigenvalue weighted by Gasteiger charge is -2.32. The lowest BCUT2D eigenvalue weighted by molar-refractivity contribution is 0.00578. The summed E-state index contributed by atoms with van der Waals surface area (Å²) < 4.78 is 18.1. The van der Waals surface area contributed by atoms with Crippen molar-refractivity contribution in [3.63, 3.8) is 0 Å². The fourth-order valence-corrected chi connectivity index (χ4v) is 2.86. The zero-order valence-electron chi connectivity index (χ0n) is 15.0.